The summed E-state index contributed by atoms with van der Waals surface area (Å²) < 4.78 is 19.5. The summed E-state index contributed by atoms with van der Waals surface area (Å²) in [5.74, 6) is 0.785. The van der Waals surface area contributed by atoms with Crippen molar-refractivity contribution in [1.82, 2.24) is 24.9 Å². The molecule has 0 aliphatic heterocycles. The summed E-state index contributed by atoms with van der Waals surface area (Å²) in [6.07, 6.45) is 4.24. The summed E-state index contributed by atoms with van der Waals surface area (Å²) in [6.45, 7) is 0.398. The van der Waals surface area contributed by atoms with Gasteiger partial charge in [-0.15, -0.1) is 22.7 Å². The number of hydrogen-bond donors (Lipinski definition) is 1. The lowest BCUT2D eigenvalue weighted by Gasteiger charge is -2.07. The number of halogens is 1. The SMILES string of the molecule is Fc1ccc2[nH]cc(CCOc3nc(-c4cncs4)nc4scnc34)c2c1. The van der Waals surface area contributed by atoms with Crippen LogP contribution in [-0.2, 0) is 6.42 Å². The number of benzene rings is 1. The van der Waals surface area contributed by atoms with Crippen LogP contribution < -0.4 is 4.74 Å². The molecule has 4 heterocycles. The second-order valence-electron chi connectivity index (χ2n) is 5.83. The lowest BCUT2D eigenvalue weighted by molar-refractivity contribution is 0.313. The maximum absolute atomic E-state index is 13.5. The van der Waals surface area contributed by atoms with Gasteiger partial charge in [0.05, 0.1) is 22.5 Å². The second-order valence-corrected chi connectivity index (χ2v) is 7.55. The lowest BCUT2D eigenvalue weighted by atomic mass is 10.1. The maximum Gasteiger partial charge on any atom is 0.245 e. The Bertz CT molecular complexity index is 1230. The molecule has 0 spiro atoms. The first-order valence-corrected chi connectivity index (χ1v) is 9.92. The molecule has 9 heteroatoms. The summed E-state index contributed by atoms with van der Waals surface area (Å²) in [7, 11) is 0. The predicted molar refractivity (Wildman–Crippen MR) is 104 cm³/mol. The standard InChI is InChI=1S/C18H12FN5OS2/c19-11-1-2-13-12(5-11)10(6-21-13)3-4-25-17-15-18(27-9-22-15)24-16(23-17)14-7-20-8-26-14/h1-2,5-9,21H,3-4H2. The minimum atomic E-state index is -0.251. The third-order valence-corrected chi connectivity index (χ3v) is 5.65. The molecule has 0 saturated carbocycles. The molecular formula is C18H12FN5OS2. The molecule has 0 atom stereocenters. The first kappa shape index (κ1) is 16.3. The van der Waals surface area contributed by atoms with Gasteiger partial charge in [0.2, 0.25) is 5.88 Å². The van der Waals surface area contributed by atoms with E-state index < -0.39 is 0 Å². The number of fused-ring (bicyclic) bond motifs is 2. The number of nitrogens with zero attached hydrogens (tertiary/aromatic N) is 4. The molecule has 0 aliphatic rings. The smallest absolute Gasteiger partial charge is 0.245 e. The Kier molecular flexibility index (Phi) is 4.02. The Morgan fingerprint density at radius 1 is 1.15 bits per heavy atom. The molecule has 0 aliphatic carbocycles. The van der Waals surface area contributed by atoms with Crippen LogP contribution in [0.4, 0.5) is 4.39 Å². The third-order valence-electron chi connectivity index (χ3n) is 4.16. The minimum Gasteiger partial charge on any atom is -0.476 e. The van der Waals surface area contributed by atoms with Gasteiger partial charge >= 0.3 is 0 Å². The van der Waals surface area contributed by atoms with Gasteiger partial charge < -0.3 is 9.72 Å². The summed E-state index contributed by atoms with van der Waals surface area (Å²) in [4.78, 5) is 22.3. The fraction of sp³-hybridized carbons (Fsp3) is 0.111. The van der Waals surface area contributed by atoms with Gasteiger partial charge in [-0.25, -0.2) is 14.4 Å². The van der Waals surface area contributed by atoms with Crippen molar-refractivity contribution >= 4 is 43.9 Å². The molecule has 27 heavy (non-hydrogen) atoms. The zero-order chi connectivity index (χ0) is 18.2. The van der Waals surface area contributed by atoms with Crippen LogP contribution in [0.25, 0.3) is 32.0 Å². The quantitative estimate of drug-likeness (QED) is 0.474. The third kappa shape index (κ3) is 3.04. The first-order valence-electron chi connectivity index (χ1n) is 8.16. The van der Waals surface area contributed by atoms with Gasteiger partial charge in [0, 0.05) is 29.7 Å². The maximum atomic E-state index is 13.5. The lowest BCUT2D eigenvalue weighted by Crippen LogP contribution is -2.04. The summed E-state index contributed by atoms with van der Waals surface area (Å²) >= 11 is 2.92. The average molecular weight is 397 g/mol. The van der Waals surface area contributed by atoms with E-state index in [1.54, 1.807) is 23.3 Å². The molecule has 5 aromatic rings. The number of ether oxygens (including phenoxy) is 1. The summed E-state index contributed by atoms with van der Waals surface area (Å²) in [5.41, 5.74) is 6.02. The zero-order valence-corrected chi connectivity index (χ0v) is 15.5. The molecule has 4 aromatic heterocycles. The number of thiazole rings is 2. The van der Waals surface area contributed by atoms with Crippen molar-refractivity contribution in [3.05, 3.63) is 53.0 Å². The van der Waals surface area contributed by atoms with Crippen molar-refractivity contribution in [3.8, 4) is 16.6 Å². The molecule has 0 saturated heterocycles. The number of aromatic nitrogens is 5. The molecule has 5 rings (SSSR count). The Morgan fingerprint density at radius 3 is 3.00 bits per heavy atom. The summed E-state index contributed by atoms with van der Waals surface area (Å²) in [6, 6.07) is 4.71. The highest BCUT2D eigenvalue weighted by atomic mass is 32.1. The van der Waals surface area contributed by atoms with E-state index in [1.165, 1.54) is 34.8 Å². The fourth-order valence-electron chi connectivity index (χ4n) is 2.89. The number of nitrogens with one attached hydrogen (secondary N) is 1. The highest BCUT2D eigenvalue weighted by Crippen LogP contribution is 2.29. The van der Waals surface area contributed by atoms with Crippen molar-refractivity contribution < 1.29 is 9.13 Å². The highest BCUT2D eigenvalue weighted by molar-refractivity contribution is 7.16. The van der Waals surface area contributed by atoms with E-state index >= 15 is 0 Å². The van der Waals surface area contributed by atoms with Crippen molar-refractivity contribution in [3.63, 3.8) is 0 Å². The average Bonchev–Trinajstić information content (AvgIpc) is 3.42. The van der Waals surface area contributed by atoms with Crippen molar-refractivity contribution in [2.24, 2.45) is 0 Å². The van der Waals surface area contributed by atoms with Gasteiger partial charge in [0.1, 0.15) is 5.82 Å². The second kappa shape index (κ2) is 6.67. The zero-order valence-electron chi connectivity index (χ0n) is 13.8. The van der Waals surface area contributed by atoms with Gasteiger partial charge in [0.25, 0.3) is 0 Å². The molecule has 134 valence electrons. The monoisotopic (exact) mass is 397 g/mol. The molecule has 0 fully saturated rings. The van der Waals surface area contributed by atoms with E-state index in [4.69, 9.17) is 4.74 Å². The summed E-state index contributed by atoms with van der Waals surface area (Å²) in [5, 5.41) is 0.866. The molecule has 0 amide bonds. The van der Waals surface area contributed by atoms with E-state index in [2.05, 4.69) is 24.9 Å². The molecule has 0 radical (unpaired) electrons. The van der Waals surface area contributed by atoms with Crippen LogP contribution in [0.3, 0.4) is 0 Å². The van der Waals surface area contributed by atoms with E-state index in [1.807, 2.05) is 6.20 Å². The van der Waals surface area contributed by atoms with Gasteiger partial charge in [-0.05, 0) is 23.8 Å². The van der Waals surface area contributed by atoms with Crippen LogP contribution in [0.2, 0.25) is 0 Å². The molecular weight excluding hydrogens is 385 g/mol. The van der Waals surface area contributed by atoms with Crippen LogP contribution in [0.5, 0.6) is 5.88 Å². The number of H-pyrrole nitrogens is 1. The van der Waals surface area contributed by atoms with Crippen LogP contribution in [0.15, 0.2) is 41.6 Å². The van der Waals surface area contributed by atoms with Crippen molar-refractivity contribution in [1.29, 1.82) is 0 Å². The Labute approximate surface area is 160 Å². The van der Waals surface area contributed by atoms with Gasteiger partial charge in [-0.3, -0.25) is 4.98 Å². The highest BCUT2D eigenvalue weighted by Gasteiger charge is 2.14. The molecule has 1 aromatic carbocycles. The van der Waals surface area contributed by atoms with Gasteiger partial charge in [0.15, 0.2) is 16.2 Å². The predicted octanol–water partition coefficient (Wildman–Crippen LogP) is 4.45. The van der Waals surface area contributed by atoms with Crippen LogP contribution in [0, 0.1) is 5.82 Å². The topological polar surface area (TPSA) is 76.6 Å². The van der Waals surface area contributed by atoms with E-state index in [9.17, 15) is 4.39 Å². The van der Waals surface area contributed by atoms with Crippen molar-refractivity contribution in [2.75, 3.05) is 6.61 Å². The Balaban J connectivity index is 1.41. The molecule has 0 unspecified atom stereocenters. The van der Waals surface area contributed by atoms with Crippen molar-refractivity contribution in [2.45, 2.75) is 6.42 Å². The fourth-order valence-corrected chi connectivity index (χ4v) is 4.09. The normalized spacial score (nSPS) is 11.4. The molecule has 1 N–H and O–H groups in total. The number of aromatic amines is 1. The number of hydrogen-bond acceptors (Lipinski definition) is 7. The van der Waals surface area contributed by atoms with E-state index in [-0.39, 0.29) is 5.82 Å². The molecule has 0 bridgehead atoms. The minimum absolute atomic E-state index is 0.251. The van der Waals surface area contributed by atoms with E-state index in [0.29, 0.717) is 30.2 Å². The Hall–Kier alpha value is -2.91. The van der Waals surface area contributed by atoms with Crippen LogP contribution >= 0.6 is 22.7 Å². The molecule has 6 nitrogen and oxygen atoms in total. The largest absolute Gasteiger partial charge is 0.476 e. The van der Waals surface area contributed by atoms with E-state index in [0.717, 1.165) is 26.2 Å². The number of rotatable bonds is 5. The van der Waals surface area contributed by atoms with Crippen LogP contribution in [0.1, 0.15) is 5.56 Å². The van der Waals surface area contributed by atoms with Crippen LogP contribution in [-0.4, -0.2) is 31.5 Å². The first-order chi connectivity index (χ1) is 13.3. The van der Waals surface area contributed by atoms with Gasteiger partial charge in [-0.1, -0.05) is 0 Å². The van der Waals surface area contributed by atoms with Gasteiger partial charge in [-0.2, -0.15) is 4.98 Å². The Morgan fingerprint density at radius 2 is 2.11 bits per heavy atom.